The lowest BCUT2D eigenvalue weighted by molar-refractivity contribution is 0.177. The number of hydrogen-bond donors (Lipinski definition) is 0. The lowest BCUT2D eigenvalue weighted by Gasteiger charge is -2.23. The molecule has 0 N–H and O–H groups in total. The molecule has 0 aromatic carbocycles. The van der Waals surface area contributed by atoms with Crippen LogP contribution in [0.3, 0.4) is 0 Å². The van der Waals surface area contributed by atoms with Gasteiger partial charge >= 0.3 is 0 Å². The van der Waals surface area contributed by atoms with E-state index in [4.69, 9.17) is 4.74 Å². The standard InChI is InChI=1S/C7H14OS/c1-7(2,3)6-4-8-5-9-6/h6H,4-5H2,1-3H3. The molecule has 1 fully saturated rings. The van der Waals surface area contributed by atoms with Crippen molar-refractivity contribution in [3.63, 3.8) is 0 Å². The molecule has 0 aromatic heterocycles. The number of hydrogen-bond acceptors (Lipinski definition) is 2. The molecule has 0 spiro atoms. The van der Waals surface area contributed by atoms with E-state index >= 15 is 0 Å². The summed E-state index contributed by atoms with van der Waals surface area (Å²) in [6.07, 6.45) is 0. The molecule has 0 saturated carbocycles. The van der Waals surface area contributed by atoms with Crippen molar-refractivity contribution in [1.82, 2.24) is 0 Å². The van der Waals surface area contributed by atoms with Crippen LogP contribution >= 0.6 is 11.8 Å². The van der Waals surface area contributed by atoms with Gasteiger partial charge in [-0.1, -0.05) is 20.8 Å². The Morgan fingerprint density at radius 3 is 2.33 bits per heavy atom. The Hall–Kier alpha value is 0.310. The van der Waals surface area contributed by atoms with Gasteiger partial charge in [-0.25, -0.2) is 0 Å². The summed E-state index contributed by atoms with van der Waals surface area (Å²) in [5, 5.41) is 0.706. The Morgan fingerprint density at radius 2 is 2.11 bits per heavy atom. The summed E-state index contributed by atoms with van der Waals surface area (Å²) < 4.78 is 5.25. The van der Waals surface area contributed by atoms with E-state index in [-0.39, 0.29) is 0 Å². The Kier molecular flexibility index (Phi) is 2.07. The number of rotatable bonds is 0. The quantitative estimate of drug-likeness (QED) is 0.517. The fourth-order valence-electron chi connectivity index (χ4n) is 0.834. The average Bonchev–Trinajstić information content (AvgIpc) is 2.08. The average molecular weight is 146 g/mol. The van der Waals surface area contributed by atoms with Crippen LogP contribution in [0.4, 0.5) is 0 Å². The van der Waals surface area contributed by atoms with E-state index in [0.717, 1.165) is 12.5 Å². The summed E-state index contributed by atoms with van der Waals surface area (Å²) in [5.74, 6) is 0.891. The molecule has 9 heavy (non-hydrogen) atoms. The molecule has 1 saturated heterocycles. The van der Waals surface area contributed by atoms with Gasteiger partial charge in [0.05, 0.1) is 12.5 Å². The molecule has 0 aromatic rings. The van der Waals surface area contributed by atoms with Crippen molar-refractivity contribution >= 4 is 11.8 Å². The highest BCUT2D eigenvalue weighted by molar-refractivity contribution is 8.00. The summed E-state index contributed by atoms with van der Waals surface area (Å²) in [7, 11) is 0. The molecular formula is C7H14OS. The maximum atomic E-state index is 5.25. The van der Waals surface area contributed by atoms with E-state index in [1.54, 1.807) is 0 Å². The highest BCUT2D eigenvalue weighted by Gasteiger charge is 2.28. The van der Waals surface area contributed by atoms with Crippen LogP contribution in [0.25, 0.3) is 0 Å². The van der Waals surface area contributed by atoms with Crippen LogP contribution in [0.5, 0.6) is 0 Å². The topological polar surface area (TPSA) is 9.23 Å². The maximum Gasteiger partial charge on any atom is 0.0925 e. The number of thioether (sulfide) groups is 1. The molecule has 0 aliphatic carbocycles. The normalized spacial score (nSPS) is 29.0. The molecule has 1 aliphatic rings. The molecule has 0 bridgehead atoms. The van der Waals surface area contributed by atoms with E-state index < -0.39 is 0 Å². The van der Waals surface area contributed by atoms with Gasteiger partial charge in [-0.2, -0.15) is 0 Å². The highest BCUT2D eigenvalue weighted by Crippen LogP contribution is 2.34. The Labute approximate surface area is 61.2 Å². The minimum atomic E-state index is 0.418. The molecule has 54 valence electrons. The van der Waals surface area contributed by atoms with E-state index in [2.05, 4.69) is 20.8 Å². The van der Waals surface area contributed by atoms with Gasteiger partial charge < -0.3 is 4.74 Å². The van der Waals surface area contributed by atoms with Gasteiger partial charge in [0.15, 0.2) is 0 Å². The first kappa shape index (κ1) is 7.42. The first-order valence-electron chi connectivity index (χ1n) is 3.30. The first-order chi connectivity index (χ1) is 4.11. The second kappa shape index (κ2) is 2.51. The minimum Gasteiger partial charge on any atom is -0.370 e. The van der Waals surface area contributed by atoms with E-state index in [1.165, 1.54) is 0 Å². The van der Waals surface area contributed by atoms with Crippen molar-refractivity contribution in [2.75, 3.05) is 12.5 Å². The lowest BCUT2D eigenvalue weighted by Crippen LogP contribution is -2.23. The lowest BCUT2D eigenvalue weighted by atomic mass is 9.92. The van der Waals surface area contributed by atoms with Crippen molar-refractivity contribution in [2.24, 2.45) is 5.41 Å². The Bertz CT molecular complexity index is 89.6. The van der Waals surface area contributed by atoms with Gasteiger partial charge in [-0.3, -0.25) is 0 Å². The maximum absolute atomic E-state index is 5.25. The summed E-state index contributed by atoms with van der Waals surface area (Å²) in [6.45, 7) is 7.73. The fourth-order valence-corrected chi connectivity index (χ4v) is 1.88. The van der Waals surface area contributed by atoms with E-state index in [0.29, 0.717) is 10.7 Å². The second-order valence-corrected chi connectivity index (χ2v) is 4.65. The largest absolute Gasteiger partial charge is 0.370 e. The summed E-state index contributed by atoms with van der Waals surface area (Å²) in [4.78, 5) is 0. The Balaban J connectivity index is 2.42. The fraction of sp³-hybridized carbons (Fsp3) is 1.00. The molecule has 1 heterocycles. The van der Waals surface area contributed by atoms with Crippen molar-refractivity contribution < 1.29 is 4.74 Å². The third-order valence-electron chi connectivity index (χ3n) is 1.59. The molecule has 1 unspecified atom stereocenters. The van der Waals surface area contributed by atoms with Crippen LogP contribution in [0.2, 0.25) is 0 Å². The monoisotopic (exact) mass is 146 g/mol. The van der Waals surface area contributed by atoms with Crippen molar-refractivity contribution in [3.8, 4) is 0 Å². The van der Waals surface area contributed by atoms with Crippen LogP contribution in [-0.4, -0.2) is 17.8 Å². The van der Waals surface area contributed by atoms with Gasteiger partial charge in [-0.05, 0) is 5.41 Å². The van der Waals surface area contributed by atoms with Gasteiger partial charge in [-0.15, -0.1) is 11.8 Å². The Morgan fingerprint density at radius 1 is 1.44 bits per heavy atom. The van der Waals surface area contributed by atoms with Crippen molar-refractivity contribution in [1.29, 1.82) is 0 Å². The van der Waals surface area contributed by atoms with E-state index in [9.17, 15) is 0 Å². The molecule has 0 amide bonds. The summed E-state index contributed by atoms with van der Waals surface area (Å²) in [6, 6.07) is 0. The molecule has 1 rings (SSSR count). The minimum absolute atomic E-state index is 0.418. The highest BCUT2D eigenvalue weighted by atomic mass is 32.2. The van der Waals surface area contributed by atoms with Crippen LogP contribution < -0.4 is 0 Å². The molecule has 2 heteroatoms. The SMILES string of the molecule is CC(C)(C)C1COCS1. The molecule has 1 nitrogen and oxygen atoms in total. The predicted octanol–water partition coefficient (Wildman–Crippen LogP) is 2.12. The van der Waals surface area contributed by atoms with Gasteiger partial charge in [0.1, 0.15) is 0 Å². The van der Waals surface area contributed by atoms with Crippen LogP contribution in [0, 0.1) is 5.41 Å². The van der Waals surface area contributed by atoms with Gasteiger partial charge in [0.25, 0.3) is 0 Å². The zero-order valence-corrected chi connectivity index (χ0v) is 7.12. The zero-order chi connectivity index (χ0) is 6.91. The second-order valence-electron chi connectivity index (χ2n) is 3.51. The van der Waals surface area contributed by atoms with Crippen molar-refractivity contribution in [2.45, 2.75) is 26.0 Å². The predicted molar refractivity (Wildman–Crippen MR) is 41.7 cm³/mol. The van der Waals surface area contributed by atoms with Gasteiger partial charge in [0, 0.05) is 5.25 Å². The summed E-state index contributed by atoms with van der Waals surface area (Å²) in [5.41, 5.74) is 0.418. The van der Waals surface area contributed by atoms with Crippen molar-refractivity contribution in [3.05, 3.63) is 0 Å². The molecule has 1 aliphatic heterocycles. The first-order valence-corrected chi connectivity index (χ1v) is 4.35. The van der Waals surface area contributed by atoms with E-state index in [1.807, 2.05) is 11.8 Å². The zero-order valence-electron chi connectivity index (χ0n) is 6.31. The van der Waals surface area contributed by atoms with Crippen LogP contribution in [0.15, 0.2) is 0 Å². The smallest absolute Gasteiger partial charge is 0.0925 e. The molecule has 1 atom stereocenters. The van der Waals surface area contributed by atoms with Gasteiger partial charge in [0.2, 0.25) is 0 Å². The number of ether oxygens (including phenoxy) is 1. The van der Waals surface area contributed by atoms with Crippen LogP contribution in [-0.2, 0) is 4.74 Å². The molecular weight excluding hydrogens is 132 g/mol. The van der Waals surface area contributed by atoms with Crippen LogP contribution in [0.1, 0.15) is 20.8 Å². The third-order valence-corrected chi connectivity index (χ3v) is 3.14. The third kappa shape index (κ3) is 1.87. The summed E-state index contributed by atoms with van der Waals surface area (Å²) >= 11 is 1.93. The molecule has 0 radical (unpaired) electrons.